The van der Waals surface area contributed by atoms with Crippen LogP contribution >= 0.6 is 0 Å². The Balaban J connectivity index is 3.53. The van der Waals surface area contributed by atoms with Gasteiger partial charge in [-0.15, -0.1) is 0 Å². The van der Waals surface area contributed by atoms with Crippen molar-refractivity contribution in [3.05, 3.63) is 0 Å². The van der Waals surface area contributed by atoms with E-state index < -0.39 is 0 Å². The summed E-state index contributed by atoms with van der Waals surface area (Å²) in [6.07, 6.45) is 6.69. The maximum absolute atomic E-state index is 11.4. The van der Waals surface area contributed by atoms with Crippen LogP contribution in [0.2, 0.25) is 0 Å². The number of carbonyl (C=O) groups excluding carboxylic acids is 1. The van der Waals surface area contributed by atoms with E-state index in [1.54, 1.807) is 0 Å². The van der Waals surface area contributed by atoms with Crippen LogP contribution in [0.3, 0.4) is 0 Å². The Labute approximate surface area is 104 Å². The summed E-state index contributed by atoms with van der Waals surface area (Å²) in [5, 5.41) is 4.40. The van der Waals surface area contributed by atoms with Crippen molar-refractivity contribution in [1.29, 1.82) is 0 Å². The first-order valence-corrected chi connectivity index (χ1v) is 6.73. The summed E-state index contributed by atoms with van der Waals surface area (Å²) < 4.78 is 0. The molecule has 0 heterocycles. The zero-order valence-corrected chi connectivity index (χ0v) is 11.4. The van der Waals surface area contributed by atoms with Crippen LogP contribution in [0.4, 0.5) is 0 Å². The number of carbonyl (C=O) groups is 1. The molecule has 0 spiro atoms. The van der Waals surface area contributed by atoms with Crippen molar-refractivity contribution in [2.45, 2.75) is 65.7 Å². The quantitative estimate of drug-likeness (QED) is 0.316. The van der Waals surface area contributed by atoms with E-state index in [-0.39, 0.29) is 5.97 Å². The maximum Gasteiger partial charge on any atom is 0.345 e. The van der Waals surface area contributed by atoms with Crippen LogP contribution in [0.15, 0.2) is 0 Å². The Bertz CT molecular complexity index is 182. The Hall–Kier alpha value is -0.610. The van der Waals surface area contributed by atoms with E-state index in [2.05, 4.69) is 30.7 Å². The highest BCUT2D eigenvalue weighted by Crippen LogP contribution is 2.17. The molecule has 0 aromatic heterocycles. The van der Waals surface area contributed by atoms with Gasteiger partial charge in [-0.05, 0) is 23.8 Å². The summed E-state index contributed by atoms with van der Waals surface area (Å²) in [4.78, 5) is 20.6. The normalized spacial score (nSPS) is 12.4. The van der Waals surface area contributed by atoms with E-state index in [0.717, 1.165) is 38.5 Å². The van der Waals surface area contributed by atoms with Crippen molar-refractivity contribution < 1.29 is 19.6 Å². The van der Waals surface area contributed by atoms with Crippen molar-refractivity contribution in [2.24, 2.45) is 5.92 Å². The molecule has 0 N–H and O–H groups in total. The summed E-state index contributed by atoms with van der Waals surface area (Å²) in [5.74, 6) is 0.0474. The lowest BCUT2D eigenvalue weighted by molar-refractivity contribution is -0.486. The summed E-state index contributed by atoms with van der Waals surface area (Å²) in [5.41, 5.74) is 0. The molecule has 0 saturated carbocycles. The number of hydrogen-bond donors (Lipinski definition) is 0. The molecule has 0 saturated heterocycles. The average Bonchev–Trinajstić information content (AvgIpc) is 2.34. The van der Waals surface area contributed by atoms with Crippen LogP contribution in [-0.2, 0) is 19.6 Å². The Morgan fingerprint density at radius 1 is 1.12 bits per heavy atom. The zero-order valence-electron chi connectivity index (χ0n) is 11.4. The van der Waals surface area contributed by atoms with E-state index >= 15 is 0 Å². The summed E-state index contributed by atoms with van der Waals surface area (Å²) in [6, 6.07) is 0. The fourth-order valence-corrected chi connectivity index (χ4v) is 1.51. The first kappa shape index (κ1) is 16.4. The smallest absolute Gasteiger partial charge is 0.269 e. The maximum atomic E-state index is 11.4. The molecule has 4 nitrogen and oxygen atoms in total. The van der Waals surface area contributed by atoms with Crippen LogP contribution in [0.1, 0.15) is 65.7 Å². The third-order valence-electron chi connectivity index (χ3n) is 2.75. The molecule has 0 bridgehead atoms. The molecular weight excluding hydrogens is 220 g/mol. The van der Waals surface area contributed by atoms with E-state index in [9.17, 15) is 4.79 Å². The highest BCUT2D eigenvalue weighted by molar-refractivity contribution is 5.68. The van der Waals surface area contributed by atoms with Crippen molar-refractivity contribution in [1.82, 2.24) is 0 Å². The summed E-state index contributed by atoms with van der Waals surface area (Å²) in [7, 11) is 0. The second-order valence-electron chi connectivity index (χ2n) is 4.32. The first-order chi connectivity index (χ1) is 8.24. The molecule has 0 aliphatic rings. The van der Waals surface area contributed by atoms with Gasteiger partial charge in [-0.2, -0.15) is 4.89 Å². The van der Waals surface area contributed by atoms with Crippen LogP contribution in [-0.4, -0.2) is 12.6 Å². The minimum absolute atomic E-state index is 0.343. The topological polar surface area (TPSA) is 44.8 Å². The molecule has 0 aliphatic heterocycles. The lowest BCUT2D eigenvalue weighted by Gasteiger charge is -2.12. The SMILES string of the molecule is CCCCOOOC(=O)CC(CC)CCCC. The van der Waals surface area contributed by atoms with Crippen LogP contribution < -0.4 is 0 Å². The summed E-state index contributed by atoms with van der Waals surface area (Å²) >= 11 is 0. The highest BCUT2D eigenvalue weighted by atomic mass is 17.5. The van der Waals surface area contributed by atoms with E-state index in [1.165, 1.54) is 0 Å². The van der Waals surface area contributed by atoms with Crippen molar-refractivity contribution >= 4 is 5.97 Å². The standard InChI is InChI=1S/C13H26O4/c1-4-7-9-12(6-3)11-13(14)16-17-15-10-8-5-2/h12H,4-11H2,1-3H3. The zero-order chi connectivity index (χ0) is 12.9. The van der Waals surface area contributed by atoms with Gasteiger partial charge in [-0.1, -0.05) is 46.5 Å². The molecule has 0 aliphatic carbocycles. The minimum atomic E-state index is -0.343. The highest BCUT2D eigenvalue weighted by Gasteiger charge is 2.13. The van der Waals surface area contributed by atoms with Gasteiger partial charge in [0, 0.05) is 0 Å². The molecule has 1 atom stereocenters. The molecule has 1 unspecified atom stereocenters. The summed E-state index contributed by atoms with van der Waals surface area (Å²) in [6.45, 7) is 6.74. The molecular formula is C13H26O4. The number of rotatable bonds is 11. The van der Waals surface area contributed by atoms with Crippen LogP contribution in [0.5, 0.6) is 0 Å². The lowest BCUT2D eigenvalue weighted by atomic mass is 9.96. The lowest BCUT2D eigenvalue weighted by Crippen LogP contribution is -2.12. The van der Waals surface area contributed by atoms with E-state index in [1.807, 2.05) is 0 Å². The van der Waals surface area contributed by atoms with Gasteiger partial charge in [0.05, 0.1) is 13.0 Å². The second-order valence-corrected chi connectivity index (χ2v) is 4.32. The largest absolute Gasteiger partial charge is 0.345 e. The third-order valence-corrected chi connectivity index (χ3v) is 2.75. The van der Waals surface area contributed by atoms with Gasteiger partial charge in [0.1, 0.15) is 0 Å². The van der Waals surface area contributed by atoms with Gasteiger partial charge < -0.3 is 0 Å². The second kappa shape index (κ2) is 11.9. The van der Waals surface area contributed by atoms with E-state index in [4.69, 9.17) is 4.89 Å². The van der Waals surface area contributed by atoms with Crippen molar-refractivity contribution in [3.8, 4) is 0 Å². The monoisotopic (exact) mass is 246 g/mol. The molecule has 4 heteroatoms. The predicted molar refractivity (Wildman–Crippen MR) is 66.0 cm³/mol. The van der Waals surface area contributed by atoms with Gasteiger partial charge in [0.25, 0.3) is 0 Å². The number of unbranched alkanes of at least 4 members (excludes halogenated alkanes) is 2. The Kier molecular flexibility index (Phi) is 11.4. The van der Waals surface area contributed by atoms with Gasteiger partial charge in [0.15, 0.2) is 0 Å². The Morgan fingerprint density at radius 3 is 2.41 bits per heavy atom. The fourth-order valence-electron chi connectivity index (χ4n) is 1.51. The van der Waals surface area contributed by atoms with Crippen LogP contribution in [0.25, 0.3) is 0 Å². The van der Waals surface area contributed by atoms with E-state index in [0.29, 0.717) is 18.9 Å². The molecule has 17 heavy (non-hydrogen) atoms. The molecule has 0 fully saturated rings. The van der Waals surface area contributed by atoms with Gasteiger partial charge in [0.2, 0.25) is 0 Å². The Morgan fingerprint density at radius 2 is 1.82 bits per heavy atom. The minimum Gasteiger partial charge on any atom is -0.269 e. The van der Waals surface area contributed by atoms with Crippen LogP contribution in [0, 0.1) is 5.92 Å². The molecule has 0 aromatic rings. The fraction of sp³-hybridized carbons (Fsp3) is 0.923. The van der Waals surface area contributed by atoms with Gasteiger partial charge >= 0.3 is 5.97 Å². The van der Waals surface area contributed by atoms with Crippen molar-refractivity contribution in [3.63, 3.8) is 0 Å². The van der Waals surface area contributed by atoms with Gasteiger partial charge in [-0.25, -0.2) is 4.79 Å². The number of hydrogen-bond acceptors (Lipinski definition) is 4. The molecule has 0 amide bonds. The van der Waals surface area contributed by atoms with Crippen molar-refractivity contribution in [2.75, 3.05) is 6.61 Å². The first-order valence-electron chi connectivity index (χ1n) is 6.73. The third kappa shape index (κ3) is 10.3. The molecule has 102 valence electrons. The predicted octanol–water partition coefficient (Wildman–Crippen LogP) is 3.80. The molecule has 0 radical (unpaired) electrons. The average molecular weight is 246 g/mol. The molecule has 0 rings (SSSR count). The molecule has 0 aromatic carbocycles. The van der Waals surface area contributed by atoms with Gasteiger partial charge in [-0.3, -0.25) is 4.89 Å².